The van der Waals surface area contributed by atoms with Gasteiger partial charge in [-0.05, 0) is 56.9 Å². The number of allylic oxidation sites excluding steroid dienone is 2. The Morgan fingerprint density at radius 2 is 1.56 bits per heavy atom. The topological polar surface area (TPSA) is 105 Å². The molecule has 1 atom stereocenters. The van der Waals surface area contributed by atoms with Gasteiger partial charge in [0.25, 0.3) is 5.91 Å². The molecule has 0 spiro atoms. The van der Waals surface area contributed by atoms with Gasteiger partial charge in [0, 0.05) is 19.7 Å². The first-order chi connectivity index (χ1) is 18.6. The SMILES string of the molecule is CC(=O)NCCCC(NC(=O)C1=CC=CN(C(c2ccccc2)c2ccccc2)C1=C=O)C(=O)OC(C)(C)C. The summed E-state index contributed by atoms with van der Waals surface area (Å²) in [5, 5.41) is 5.43. The minimum atomic E-state index is -0.974. The van der Waals surface area contributed by atoms with Gasteiger partial charge < -0.3 is 20.3 Å². The quantitative estimate of drug-likeness (QED) is 0.274. The van der Waals surface area contributed by atoms with E-state index >= 15 is 0 Å². The van der Waals surface area contributed by atoms with Gasteiger partial charge >= 0.3 is 5.97 Å². The number of nitrogens with one attached hydrogen (secondary N) is 2. The van der Waals surface area contributed by atoms with Crippen LogP contribution in [0.2, 0.25) is 0 Å². The number of ether oxygens (including phenoxy) is 1. The van der Waals surface area contributed by atoms with Crippen molar-refractivity contribution in [2.75, 3.05) is 6.54 Å². The molecule has 1 aliphatic rings. The van der Waals surface area contributed by atoms with Crippen molar-refractivity contribution in [3.8, 4) is 0 Å². The molecule has 0 saturated carbocycles. The highest BCUT2D eigenvalue weighted by molar-refractivity contribution is 6.02. The Labute approximate surface area is 229 Å². The third kappa shape index (κ3) is 8.28. The van der Waals surface area contributed by atoms with Crippen molar-refractivity contribution in [2.45, 2.75) is 58.2 Å². The summed E-state index contributed by atoms with van der Waals surface area (Å²) in [6.45, 7) is 6.99. The molecule has 1 unspecified atom stereocenters. The number of carbonyl (C=O) groups excluding carboxylic acids is 4. The van der Waals surface area contributed by atoms with Crippen LogP contribution in [0.5, 0.6) is 0 Å². The first kappa shape index (κ1) is 29.1. The molecule has 8 heteroatoms. The van der Waals surface area contributed by atoms with Gasteiger partial charge in [-0.1, -0.05) is 60.7 Å². The Balaban J connectivity index is 1.87. The van der Waals surface area contributed by atoms with Crippen molar-refractivity contribution < 1.29 is 23.9 Å². The predicted octanol–water partition coefficient (Wildman–Crippen LogP) is 3.99. The van der Waals surface area contributed by atoms with Crippen molar-refractivity contribution >= 4 is 23.7 Å². The molecule has 1 aliphatic heterocycles. The van der Waals surface area contributed by atoms with Crippen molar-refractivity contribution in [2.24, 2.45) is 0 Å². The van der Waals surface area contributed by atoms with Gasteiger partial charge in [-0.25, -0.2) is 9.59 Å². The van der Waals surface area contributed by atoms with E-state index in [4.69, 9.17) is 4.74 Å². The summed E-state index contributed by atoms with van der Waals surface area (Å²) in [5.41, 5.74) is 1.22. The lowest BCUT2D eigenvalue weighted by atomic mass is 9.94. The van der Waals surface area contributed by atoms with Crippen LogP contribution in [0.3, 0.4) is 0 Å². The molecule has 0 bridgehead atoms. The predicted molar refractivity (Wildman–Crippen MR) is 149 cm³/mol. The molecular formula is C31H35N3O5. The smallest absolute Gasteiger partial charge is 0.329 e. The summed E-state index contributed by atoms with van der Waals surface area (Å²) in [4.78, 5) is 51.7. The highest BCUT2D eigenvalue weighted by Crippen LogP contribution is 2.35. The number of benzene rings is 2. The molecule has 3 rings (SSSR count). The summed E-state index contributed by atoms with van der Waals surface area (Å²) < 4.78 is 5.53. The second-order valence-electron chi connectivity index (χ2n) is 10.2. The van der Waals surface area contributed by atoms with Gasteiger partial charge in [0.05, 0.1) is 11.6 Å². The molecule has 0 aromatic heterocycles. The highest BCUT2D eigenvalue weighted by atomic mass is 16.6. The summed E-state index contributed by atoms with van der Waals surface area (Å²) in [5.74, 6) is 0.587. The number of hydrogen-bond donors (Lipinski definition) is 2. The Morgan fingerprint density at radius 1 is 0.974 bits per heavy atom. The van der Waals surface area contributed by atoms with Gasteiger partial charge in [0.1, 0.15) is 17.3 Å². The third-order valence-corrected chi connectivity index (χ3v) is 5.91. The zero-order valence-electron chi connectivity index (χ0n) is 22.8. The van der Waals surface area contributed by atoms with Crippen molar-refractivity contribution in [3.63, 3.8) is 0 Å². The molecule has 0 radical (unpaired) electrons. The molecule has 2 aromatic carbocycles. The lowest BCUT2D eigenvalue weighted by Gasteiger charge is -2.34. The van der Waals surface area contributed by atoms with Gasteiger partial charge in [-0.2, -0.15) is 0 Å². The van der Waals surface area contributed by atoms with Crippen LogP contribution in [0.1, 0.15) is 57.7 Å². The lowest BCUT2D eigenvalue weighted by molar-refractivity contribution is -0.158. The van der Waals surface area contributed by atoms with E-state index in [1.807, 2.05) is 66.6 Å². The fraction of sp³-hybridized carbons (Fsp3) is 0.323. The zero-order chi connectivity index (χ0) is 28.4. The van der Waals surface area contributed by atoms with Crippen LogP contribution in [-0.2, 0) is 23.9 Å². The second-order valence-corrected chi connectivity index (χ2v) is 10.2. The molecule has 2 N–H and O–H groups in total. The molecule has 1 heterocycles. The molecule has 204 valence electrons. The van der Waals surface area contributed by atoms with E-state index in [0.29, 0.717) is 13.0 Å². The van der Waals surface area contributed by atoms with Crippen LogP contribution in [0.4, 0.5) is 0 Å². The van der Waals surface area contributed by atoms with Gasteiger partial charge in [0.2, 0.25) is 5.91 Å². The summed E-state index contributed by atoms with van der Waals surface area (Å²) in [6.07, 6.45) is 5.64. The maximum atomic E-state index is 13.5. The first-order valence-corrected chi connectivity index (χ1v) is 12.9. The first-order valence-electron chi connectivity index (χ1n) is 12.9. The molecule has 0 aliphatic carbocycles. The summed E-state index contributed by atoms with van der Waals surface area (Å²) in [6, 6.07) is 18.0. The Hall–Kier alpha value is -4.42. The molecular weight excluding hydrogens is 494 g/mol. The van der Waals surface area contributed by atoms with Crippen molar-refractivity contribution in [3.05, 3.63) is 101 Å². The number of esters is 1. The highest BCUT2D eigenvalue weighted by Gasteiger charge is 2.32. The van der Waals surface area contributed by atoms with Crippen LogP contribution in [0.15, 0.2) is 90.3 Å². The van der Waals surface area contributed by atoms with E-state index in [1.165, 1.54) is 13.0 Å². The van der Waals surface area contributed by atoms with E-state index < -0.39 is 29.6 Å². The number of carbonyl (C=O) groups is 3. The Kier molecular flexibility index (Phi) is 10.0. The maximum absolute atomic E-state index is 13.5. The number of rotatable bonds is 10. The molecule has 8 nitrogen and oxygen atoms in total. The Bertz CT molecular complexity index is 1230. The molecule has 0 saturated heterocycles. The van der Waals surface area contributed by atoms with Crippen molar-refractivity contribution in [1.82, 2.24) is 15.5 Å². The molecule has 0 fully saturated rings. The minimum Gasteiger partial charge on any atom is -0.458 e. The van der Waals surface area contributed by atoms with E-state index in [-0.39, 0.29) is 23.6 Å². The summed E-state index contributed by atoms with van der Waals surface area (Å²) >= 11 is 0. The Morgan fingerprint density at radius 3 is 2.08 bits per heavy atom. The monoisotopic (exact) mass is 529 g/mol. The fourth-order valence-corrected chi connectivity index (χ4v) is 4.24. The van der Waals surface area contributed by atoms with Gasteiger partial charge in [-0.15, -0.1) is 0 Å². The number of nitrogens with zero attached hydrogens (tertiary/aromatic N) is 1. The minimum absolute atomic E-state index is 0.0499. The number of hydrogen-bond acceptors (Lipinski definition) is 6. The molecule has 2 amide bonds. The molecule has 39 heavy (non-hydrogen) atoms. The third-order valence-electron chi connectivity index (χ3n) is 5.91. The van der Waals surface area contributed by atoms with Crippen LogP contribution < -0.4 is 10.6 Å². The van der Waals surface area contributed by atoms with E-state index in [9.17, 15) is 19.2 Å². The lowest BCUT2D eigenvalue weighted by Crippen LogP contribution is -2.46. The van der Waals surface area contributed by atoms with Crippen LogP contribution in [0.25, 0.3) is 0 Å². The summed E-state index contributed by atoms with van der Waals surface area (Å²) in [7, 11) is 0. The van der Waals surface area contributed by atoms with E-state index in [0.717, 1.165) is 11.1 Å². The van der Waals surface area contributed by atoms with E-state index in [1.54, 1.807) is 37.9 Å². The van der Waals surface area contributed by atoms with E-state index in [2.05, 4.69) is 10.6 Å². The van der Waals surface area contributed by atoms with Crippen LogP contribution >= 0.6 is 0 Å². The number of amides is 2. The van der Waals surface area contributed by atoms with Gasteiger partial charge in [0.15, 0.2) is 5.94 Å². The largest absolute Gasteiger partial charge is 0.458 e. The van der Waals surface area contributed by atoms with Crippen LogP contribution in [0, 0.1) is 0 Å². The van der Waals surface area contributed by atoms with Gasteiger partial charge in [-0.3, -0.25) is 9.59 Å². The molecule has 2 aromatic rings. The zero-order valence-corrected chi connectivity index (χ0v) is 22.8. The average Bonchev–Trinajstić information content (AvgIpc) is 2.90. The maximum Gasteiger partial charge on any atom is 0.329 e. The normalized spacial score (nSPS) is 13.8. The van der Waals surface area contributed by atoms with Crippen molar-refractivity contribution in [1.29, 1.82) is 0 Å². The standard InChI is InChI=1S/C31H35N3O5/c1-22(36)32-19-11-18-26(30(38)39-31(2,3)4)33-29(37)25-17-12-20-34(27(25)21-35)28(23-13-7-5-8-14-23)24-15-9-6-10-16-24/h5-10,12-17,20,26,28H,11,18-19H2,1-4H3,(H,32,36)(H,33,37). The second kappa shape index (κ2) is 13.4. The van der Waals surface area contributed by atoms with Crippen LogP contribution in [-0.4, -0.2) is 46.8 Å². The fourth-order valence-electron chi connectivity index (χ4n) is 4.24. The average molecular weight is 530 g/mol.